The van der Waals surface area contributed by atoms with Crippen molar-refractivity contribution in [2.45, 2.75) is 33.2 Å². The van der Waals surface area contributed by atoms with E-state index in [-0.39, 0.29) is 0 Å². The van der Waals surface area contributed by atoms with Crippen molar-refractivity contribution in [1.29, 1.82) is 0 Å². The van der Waals surface area contributed by atoms with E-state index in [0.29, 0.717) is 16.9 Å². The molecule has 0 aromatic carbocycles. The van der Waals surface area contributed by atoms with Crippen LogP contribution in [0.4, 0.5) is 10.1 Å². The molecule has 2 N–H and O–H groups in total. The highest BCUT2D eigenvalue weighted by Gasteiger charge is 2.10. The minimum absolute atomic E-state index is 0.501. The molecule has 0 bridgehead atoms. The summed E-state index contributed by atoms with van der Waals surface area (Å²) in [5.74, 6) is 3.00. The van der Waals surface area contributed by atoms with Crippen LogP contribution in [0, 0.1) is 18.4 Å². The minimum Gasteiger partial charge on any atom is -0.396 e. The molecule has 0 aliphatic carbocycles. The van der Waals surface area contributed by atoms with Gasteiger partial charge in [-0.2, -0.15) is 0 Å². The molecule has 16 heavy (non-hydrogen) atoms. The number of pyridine rings is 1. The van der Waals surface area contributed by atoms with Crippen molar-refractivity contribution in [2.75, 3.05) is 5.73 Å². The Morgan fingerprint density at radius 3 is 2.56 bits per heavy atom. The van der Waals surface area contributed by atoms with E-state index in [4.69, 9.17) is 5.73 Å². The van der Waals surface area contributed by atoms with E-state index in [1.807, 2.05) is 0 Å². The van der Waals surface area contributed by atoms with Gasteiger partial charge in [0.1, 0.15) is 20.4 Å². The van der Waals surface area contributed by atoms with Gasteiger partial charge in [-0.15, -0.1) is 5.54 Å². The lowest BCUT2D eigenvalue weighted by Crippen LogP contribution is -2.16. The first kappa shape index (κ1) is 12.7. The van der Waals surface area contributed by atoms with Gasteiger partial charge in [0.25, 0.3) is 0 Å². The second-order valence-corrected chi connectivity index (χ2v) is 9.55. The van der Waals surface area contributed by atoms with Crippen LogP contribution >= 0.6 is 0 Å². The van der Waals surface area contributed by atoms with E-state index in [1.54, 1.807) is 6.92 Å². The second kappa shape index (κ2) is 4.66. The van der Waals surface area contributed by atoms with Crippen LogP contribution in [-0.4, -0.2) is 13.1 Å². The first-order chi connectivity index (χ1) is 7.35. The fourth-order valence-corrected chi connectivity index (χ4v) is 1.63. The number of nitrogens with zero attached hydrogens (tertiary/aromatic N) is 1. The Labute approximate surface area is 97.1 Å². The molecule has 0 spiro atoms. The standard InChI is InChI=1S/C12H17FN2Si/c1-9-10(7-13)8-15-11(12(9)14)5-6-16(2,3)4/h8H,7,14H2,1-4H3. The van der Waals surface area contributed by atoms with Crippen LogP contribution in [0.25, 0.3) is 0 Å². The molecule has 1 rings (SSSR count). The monoisotopic (exact) mass is 236 g/mol. The highest BCUT2D eigenvalue weighted by molar-refractivity contribution is 6.83. The maximum Gasteiger partial charge on any atom is 0.135 e. The normalized spacial score (nSPS) is 10.8. The zero-order valence-corrected chi connectivity index (χ0v) is 11.2. The lowest BCUT2D eigenvalue weighted by molar-refractivity contribution is 0.482. The van der Waals surface area contributed by atoms with Gasteiger partial charge < -0.3 is 5.73 Å². The molecule has 1 aromatic heterocycles. The van der Waals surface area contributed by atoms with E-state index >= 15 is 0 Å². The Morgan fingerprint density at radius 2 is 2.06 bits per heavy atom. The maximum absolute atomic E-state index is 12.5. The van der Waals surface area contributed by atoms with E-state index in [1.165, 1.54) is 6.20 Å². The van der Waals surface area contributed by atoms with Gasteiger partial charge >= 0.3 is 0 Å². The van der Waals surface area contributed by atoms with Gasteiger partial charge in [0, 0.05) is 11.8 Å². The molecule has 0 unspecified atom stereocenters. The first-order valence-corrected chi connectivity index (χ1v) is 8.68. The fourth-order valence-electron chi connectivity index (χ4n) is 1.14. The Morgan fingerprint density at radius 1 is 1.44 bits per heavy atom. The first-order valence-electron chi connectivity index (χ1n) is 5.18. The predicted octanol–water partition coefficient (Wildman–Crippen LogP) is 2.67. The molecule has 0 saturated heterocycles. The smallest absolute Gasteiger partial charge is 0.135 e. The third-order valence-corrected chi connectivity index (χ3v) is 3.07. The Bertz CT molecular complexity index is 453. The van der Waals surface area contributed by atoms with Gasteiger partial charge in [0.15, 0.2) is 0 Å². The van der Waals surface area contributed by atoms with Gasteiger partial charge in [0.2, 0.25) is 0 Å². The van der Waals surface area contributed by atoms with E-state index in [9.17, 15) is 4.39 Å². The van der Waals surface area contributed by atoms with Gasteiger partial charge in [-0.05, 0) is 12.5 Å². The average Bonchev–Trinajstić information content (AvgIpc) is 2.19. The number of anilines is 1. The lowest BCUT2D eigenvalue weighted by atomic mass is 10.1. The fraction of sp³-hybridized carbons (Fsp3) is 0.417. The van der Waals surface area contributed by atoms with Crippen molar-refractivity contribution in [3.63, 3.8) is 0 Å². The molecule has 0 amide bonds. The van der Waals surface area contributed by atoms with Crippen molar-refractivity contribution in [3.05, 3.63) is 23.0 Å². The molecule has 1 aromatic rings. The molecule has 0 radical (unpaired) electrons. The van der Waals surface area contributed by atoms with Gasteiger partial charge in [-0.25, -0.2) is 9.37 Å². The minimum atomic E-state index is -1.43. The summed E-state index contributed by atoms with van der Waals surface area (Å²) in [6, 6.07) is 0. The van der Waals surface area contributed by atoms with Gasteiger partial charge in [-0.3, -0.25) is 0 Å². The average molecular weight is 236 g/mol. The summed E-state index contributed by atoms with van der Waals surface area (Å²) in [7, 11) is -1.43. The zero-order chi connectivity index (χ0) is 12.3. The number of hydrogen-bond acceptors (Lipinski definition) is 2. The number of hydrogen-bond donors (Lipinski definition) is 1. The summed E-state index contributed by atoms with van der Waals surface area (Å²) < 4.78 is 12.5. The quantitative estimate of drug-likeness (QED) is 0.601. The second-order valence-electron chi connectivity index (χ2n) is 4.80. The van der Waals surface area contributed by atoms with Crippen LogP contribution in [-0.2, 0) is 6.67 Å². The highest BCUT2D eigenvalue weighted by Crippen LogP contribution is 2.18. The molecule has 0 aliphatic rings. The molecular formula is C12H17FN2Si. The lowest BCUT2D eigenvalue weighted by Gasteiger charge is -2.07. The van der Waals surface area contributed by atoms with Crippen molar-refractivity contribution >= 4 is 13.8 Å². The summed E-state index contributed by atoms with van der Waals surface area (Å²) >= 11 is 0. The largest absolute Gasteiger partial charge is 0.396 e. The van der Waals surface area contributed by atoms with Crippen molar-refractivity contribution in [3.8, 4) is 11.5 Å². The Hall–Kier alpha value is -1.34. The third kappa shape index (κ3) is 3.07. The topological polar surface area (TPSA) is 38.9 Å². The highest BCUT2D eigenvalue weighted by atomic mass is 28.3. The zero-order valence-electron chi connectivity index (χ0n) is 10.2. The van der Waals surface area contributed by atoms with E-state index in [2.05, 4.69) is 36.1 Å². The Kier molecular flexibility index (Phi) is 3.71. The van der Waals surface area contributed by atoms with Crippen molar-refractivity contribution in [1.82, 2.24) is 4.98 Å². The molecular weight excluding hydrogens is 219 g/mol. The summed E-state index contributed by atoms with van der Waals surface area (Å²) in [4.78, 5) is 4.10. The Balaban J connectivity index is 3.17. The summed E-state index contributed by atoms with van der Waals surface area (Å²) in [6.45, 7) is 7.72. The summed E-state index contributed by atoms with van der Waals surface area (Å²) in [5.41, 5.74) is 11.4. The SMILES string of the molecule is Cc1c(CF)cnc(C#C[Si](C)(C)C)c1N. The summed E-state index contributed by atoms with van der Waals surface area (Å²) in [6.07, 6.45) is 1.51. The molecule has 1 heterocycles. The number of rotatable bonds is 1. The van der Waals surface area contributed by atoms with Crippen LogP contribution in [0.2, 0.25) is 19.6 Å². The van der Waals surface area contributed by atoms with Crippen LogP contribution in [0.3, 0.4) is 0 Å². The summed E-state index contributed by atoms with van der Waals surface area (Å²) in [5, 5.41) is 0. The van der Waals surface area contributed by atoms with Crippen LogP contribution in [0.1, 0.15) is 16.8 Å². The van der Waals surface area contributed by atoms with Crippen LogP contribution < -0.4 is 5.73 Å². The van der Waals surface area contributed by atoms with Crippen LogP contribution in [0.15, 0.2) is 6.20 Å². The van der Waals surface area contributed by atoms with Gasteiger partial charge in [-0.1, -0.05) is 25.6 Å². The molecule has 0 aliphatic heterocycles. The molecule has 2 nitrogen and oxygen atoms in total. The van der Waals surface area contributed by atoms with Crippen molar-refractivity contribution < 1.29 is 4.39 Å². The molecule has 0 saturated carbocycles. The van der Waals surface area contributed by atoms with E-state index in [0.717, 1.165) is 5.56 Å². The molecule has 4 heteroatoms. The molecule has 0 fully saturated rings. The number of halogens is 1. The number of nitrogen functional groups attached to an aromatic ring is 1. The van der Waals surface area contributed by atoms with E-state index < -0.39 is 14.7 Å². The number of nitrogens with two attached hydrogens (primary N) is 1. The van der Waals surface area contributed by atoms with Gasteiger partial charge in [0.05, 0.1) is 5.69 Å². The number of aromatic nitrogens is 1. The number of alkyl halides is 1. The third-order valence-electron chi connectivity index (χ3n) is 2.19. The molecule has 86 valence electrons. The van der Waals surface area contributed by atoms with Crippen LogP contribution in [0.5, 0.6) is 0 Å². The molecule has 0 atom stereocenters. The predicted molar refractivity (Wildman–Crippen MR) is 68.4 cm³/mol. The van der Waals surface area contributed by atoms with Crippen molar-refractivity contribution in [2.24, 2.45) is 0 Å². The maximum atomic E-state index is 12.5.